The van der Waals surface area contributed by atoms with Crippen LogP contribution in [0.1, 0.15) is 22.3 Å². The van der Waals surface area contributed by atoms with Gasteiger partial charge >= 0.3 is 0 Å². The van der Waals surface area contributed by atoms with Crippen LogP contribution in [0.2, 0.25) is 0 Å². The minimum atomic E-state index is 0.607. The topological polar surface area (TPSA) is 46.2 Å². The Balaban J connectivity index is 1.38. The molecule has 0 radical (unpaired) electrons. The summed E-state index contributed by atoms with van der Waals surface area (Å²) >= 11 is 0. The molecule has 0 spiro atoms. The number of ether oxygens (including phenoxy) is 5. The molecule has 0 heterocycles. The number of benzene rings is 4. The van der Waals surface area contributed by atoms with E-state index in [4.69, 9.17) is 23.7 Å². The molecule has 0 atom stereocenters. The van der Waals surface area contributed by atoms with Crippen LogP contribution in [-0.2, 0) is 25.7 Å². The Hall–Kier alpha value is -4.12. The normalized spacial score (nSPS) is 10.6. The summed E-state index contributed by atoms with van der Waals surface area (Å²) < 4.78 is 27.9. The lowest BCUT2D eigenvalue weighted by Gasteiger charge is -2.14. The van der Waals surface area contributed by atoms with Crippen molar-refractivity contribution in [1.82, 2.24) is 0 Å². The number of hydrogen-bond acceptors (Lipinski definition) is 5. The van der Waals surface area contributed by atoms with Crippen molar-refractivity contribution in [3.05, 3.63) is 107 Å². The Morgan fingerprint density at radius 3 is 1.43 bits per heavy atom. The summed E-state index contributed by atoms with van der Waals surface area (Å²) in [5.41, 5.74) is 4.84. The van der Waals surface area contributed by atoms with Crippen molar-refractivity contribution in [2.75, 3.05) is 28.4 Å². The maximum Gasteiger partial charge on any atom is 0.203 e. The van der Waals surface area contributed by atoms with Crippen molar-refractivity contribution in [1.29, 1.82) is 0 Å². The van der Waals surface area contributed by atoms with Gasteiger partial charge in [-0.3, -0.25) is 0 Å². The molecule has 0 N–H and O–H groups in total. The van der Waals surface area contributed by atoms with E-state index in [1.54, 1.807) is 28.4 Å². The predicted molar refractivity (Wildman–Crippen MR) is 147 cm³/mol. The smallest absolute Gasteiger partial charge is 0.203 e. The largest absolute Gasteiger partial charge is 0.497 e. The van der Waals surface area contributed by atoms with E-state index in [0.29, 0.717) is 17.2 Å². The molecule has 0 amide bonds. The van der Waals surface area contributed by atoms with Crippen molar-refractivity contribution < 1.29 is 23.7 Å². The molecular formula is C32H34O5. The van der Waals surface area contributed by atoms with Gasteiger partial charge in [-0.25, -0.2) is 0 Å². The Labute approximate surface area is 219 Å². The van der Waals surface area contributed by atoms with Gasteiger partial charge in [0.15, 0.2) is 11.5 Å². The van der Waals surface area contributed by atoms with Gasteiger partial charge in [-0.15, -0.1) is 0 Å². The molecule has 0 saturated heterocycles. The lowest BCUT2D eigenvalue weighted by atomic mass is 10.0. The quantitative estimate of drug-likeness (QED) is 0.209. The Kier molecular flexibility index (Phi) is 8.93. The molecule has 0 aromatic heterocycles. The average Bonchev–Trinajstić information content (AvgIpc) is 2.95. The second kappa shape index (κ2) is 12.7. The minimum absolute atomic E-state index is 0.607. The first-order valence-corrected chi connectivity index (χ1v) is 12.4. The van der Waals surface area contributed by atoms with Crippen molar-refractivity contribution in [3.8, 4) is 34.5 Å². The van der Waals surface area contributed by atoms with Gasteiger partial charge in [-0.2, -0.15) is 0 Å². The Morgan fingerprint density at radius 2 is 0.946 bits per heavy atom. The number of rotatable bonds is 12. The molecule has 5 nitrogen and oxygen atoms in total. The SMILES string of the molecule is COc1ccc(CCc2cccc(Oc3cccc(CCc4cc(OC)c(OC)c(OC)c4)c3)c2)cc1. The second-order valence-electron chi connectivity index (χ2n) is 8.78. The summed E-state index contributed by atoms with van der Waals surface area (Å²) in [6.45, 7) is 0. The summed E-state index contributed by atoms with van der Waals surface area (Å²) in [7, 11) is 6.57. The molecule has 4 aromatic carbocycles. The lowest BCUT2D eigenvalue weighted by molar-refractivity contribution is 0.324. The molecule has 0 bridgehead atoms. The molecule has 192 valence electrons. The maximum absolute atomic E-state index is 6.22. The second-order valence-corrected chi connectivity index (χ2v) is 8.78. The molecule has 4 aromatic rings. The van der Waals surface area contributed by atoms with Crippen molar-refractivity contribution >= 4 is 0 Å². The lowest BCUT2D eigenvalue weighted by Crippen LogP contribution is -1.98. The highest BCUT2D eigenvalue weighted by Gasteiger charge is 2.13. The van der Waals surface area contributed by atoms with E-state index in [0.717, 1.165) is 48.5 Å². The molecule has 0 aliphatic rings. The molecule has 5 heteroatoms. The van der Waals surface area contributed by atoms with E-state index in [2.05, 4.69) is 36.4 Å². The van der Waals surface area contributed by atoms with Crippen LogP contribution in [0.25, 0.3) is 0 Å². The minimum Gasteiger partial charge on any atom is -0.497 e. The fourth-order valence-electron chi connectivity index (χ4n) is 4.31. The van der Waals surface area contributed by atoms with Gasteiger partial charge in [0, 0.05) is 0 Å². The zero-order valence-electron chi connectivity index (χ0n) is 22.0. The van der Waals surface area contributed by atoms with Gasteiger partial charge in [0.05, 0.1) is 28.4 Å². The van der Waals surface area contributed by atoms with Crippen LogP contribution in [-0.4, -0.2) is 28.4 Å². The van der Waals surface area contributed by atoms with Gasteiger partial charge in [0.2, 0.25) is 5.75 Å². The fraction of sp³-hybridized carbons (Fsp3) is 0.250. The van der Waals surface area contributed by atoms with Gasteiger partial charge in [-0.05, 0) is 96.5 Å². The van der Waals surface area contributed by atoms with Crippen molar-refractivity contribution in [3.63, 3.8) is 0 Å². The zero-order chi connectivity index (χ0) is 26.0. The summed E-state index contributed by atoms with van der Waals surface area (Å²) in [6, 6.07) is 28.8. The third kappa shape index (κ3) is 6.98. The molecule has 37 heavy (non-hydrogen) atoms. The van der Waals surface area contributed by atoms with Gasteiger partial charge < -0.3 is 23.7 Å². The predicted octanol–water partition coefficient (Wildman–Crippen LogP) is 7.08. The van der Waals surface area contributed by atoms with Gasteiger partial charge in [0.1, 0.15) is 17.2 Å². The van der Waals surface area contributed by atoms with Gasteiger partial charge in [-0.1, -0.05) is 36.4 Å². The summed E-state index contributed by atoms with van der Waals surface area (Å²) in [4.78, 5) is 0. The van der Waals surface area contributed by atoms with E-state index < -0.39 is 0 Å². The molecule has 0 fully saturated rings. The first kappa shape index (κ1) is 26.0. The molecule has 0 aliphatic heterocycles. The molecule has 0 saturated carbocycles. The zero-order valence-corrected chi connectivity index (χ0v) is 22.0. The van der Waals surface area contributed by atoms with E-state index in [1.807, 2.05) is 48.5 Å². The highest BCUT2D eigenvalue weighted by molar-refractivity contribution is 5.54. The summed E-state index contributed by atoms with van der Waals surface area (Å²) in [6.07, 6.45) is 3.60. The van der Waals surface area contributed by atoms with Crippen LogP contribution >= 0.6 is 0 Å². The van der Waals surface area contributed by atoms with Crippen LogP contribution in [0, 0.1) is 0 Å². The monoisotopic (exact) mass is 498 g/mol. The van der Waals surface area contributed by atoms with E-state index in [-0.39, 0.29) is 0 Å². The molecular weight excluding hydrogens is 464 g/mol. The first-order chi connectivity index (χ1) is 18.1. The Morgan fingerprint density at radius 1 is 0.432 bits per heavy atom. The first-order valence-electron chi connectivity index (χ1n) is 12.4. The highest BCUT2D eigenvalue weighted by atomic mass is 16.5. The van der Waals surface area contributed by atoms with Crippen LogP contribution in [0.3, 0.4) is 0 Å². The maximum atomic E-state index is 6.22. The van der Waals surface area contributed by atoms with E-state index in [1.165, 1.54) is 16.7 Å². The van der Waals surface area contributed by atoms with E-state index >= 15 is 0 Å². The van der Waals surface area contributed by atoms with Crippen molar-refractivity contribution in [2.24, 2.45) is 0 Å². The summed E-state index contributed by atoms with van der Waals surface area (Å²) in [5, 5.41) is 0. The Bertz CT molecular complexity index is 1270. The summed E-state index contributed by atoms with van der Waals surface area (Å²) in [5.74, 6) is 4.49. The average molecular weight is 499 g/mol. The van der Waals surface area contributed by atoms with Crippen LogP contribution < -0.4 is 23.7 Å². The third-order valence-electron chi connectivity index (χ3n) is 6.32. The molecule has 4 rings (SSSR count). The highest BCUT2D eigenvalue weighted by Crippen LogP contribution is 2.38. The van der Waals surface area contributed by atoms with Crippen LogP contribution in [0.4, 0.5) is 0 Å². The van der Waals surface area contributed by atoms with Crippen molar-refractivity contribution in [2.45, 2.75) is 25.7 Å². The fourth-order valence-corrected chi connectivity index (χ4v) is 4.31. The van der Waals surface area contributed by atoms with Crippen LogP contribution in [0.15, 0.2) is 84.9 Å². The van der Waals surface area contributed by atoms with E-state index in [9.17, 15) is 0 Å². The molecule has 0 aliphatic carbocycles. The third-order valence-corrected chi connectivity index (χ3v) is 6.32. The number of aryl methyl sites for hydroxylation is 4. The molecule has 0 unspecified atom stereocenters. The van der Waals surface area contributed by atoms with Gasteiger partial charge in [0.25, 0.3) is 0 Å². The van der Waals surface area contributed by atoms with Crippen LogP contribution in [0.5, 0.6) is 34.5 Å². The number of hydrogen-bond donors (Lipinski definition) is 0. The standard InChI is InChI=1S/C32H34O5/c1-33-27-17-15-23(16-18-27)11-12-24-7-5-9-28(19-24)37-29-10-6-8-25(20-29)13-14-26-21-30(34-2)32(36-4)31(22-26)35-3/h5-10,15-22H,11-14H2,1-4H3. The number of methoxy groups -OCH3 is 4.